The van der Waals surface area contributed by atoms with Gasteiger partial charge in [0.25, 0.3) is 0 Å². The average Bonchev–Trinajstić information content (AvgIpc) is 3.49. The van der Waals surface area contributed by atoms with Crippen LogP contribution in [-0.4, -0.2) is 32.7 Å². The van der Waals surface area contributed by atoms with Gasteiger partial charge in [0.1, 0.15) is 28.9 Å². The first kappa shape index (κ1) is 23.8. The summed E-state index contributed by atoms with van der Waals surface area (Å²) in [4.78, 5) is 21.0. The Morgan fingerprint density at radius 3 is 2.69 bits per heavy atom. The van der Waals surface area contributed by atoms with E-state index in [0.29, 0.717) is 21.8 Å². The number of esters is 1. The number of phenols is 1. The summed E-state index contributed by atoms with van der Waals surface area (Å²) in [6.07, 6.45) is 2.57. The number of hydrogen-bond donors (Lipinski definition) is 1. The SMILES string of the molecule is COC(=O)c1sc(-n2cnc3cc(-c4ccc(F)nc4)ccc32)cc1OC(C)c1cccc(O)c1Cl. The lowest BCUT2D eigenvalue weighted by atomic mass is 10.1. The molecule has 0 saturated heterocycles. The molecular weight excluding hydrogens is 505 g/mol. The summed E-state index contributed by atoms with van der Waals surface area (Å²) in [5.74, 6) is -0.804. The van der Waals surface area contributed by atoms with Crippen LogP contribution in [0.5, 0.6) is 11.5 Å². The predicted octanol–water partition coefficient (Wildman–Crippen LogP) is 6.57. The van der Waals surface area contributed by atoms with Gasteiger partial charge in [-0.3, -0.25) is 4.57 Å². The van der Waals surface area contributed by atoms with Crippen molar-refractivity contribution in [1.82, 2.24) is 14.5 Å². The minimum absolute atomic E-state index is 0.0514. The first-order valence-electron chi connectivity index (χ1n) is 10.8. The molecule has 0 aliphatic heterocycles. The lowest BCUT2D eigenvalue weighted by Crippen LogP contribution is -2.07. The van der Waals surface area contributed by atoms with Crippen molar-refractivity contribution in [1.29, 1.82) is 0 Å². The van der Waals surface area contributed by atoms with E-state index < -0.39 is 18.0 Å². The first-order chi connectivity index (χ1) is 17.4. The number of rotatable bonds is 6. The zero-order valence-corrected chi connectivity index (χ0v) is 20.7. The van der Waals surface area contributed by atoms with Crippen LogP contribution < -0.4 is 4.74 Å². The van der Waals surface area contributed by atoms with Crippen molar-refractivity contribution in [2.45, 2.75) is 13.0 Å². The summed E-state index contributed by atoms with van der Waals surface area (Å²) in [7, 11) is 1.31. The van der Waals surface area contributed by atoms with Gasteiger partial charge in [0.05, 0.1) is 23.2 Å². The molecule has 0 fully saturated rings. The molecule has 1 unspecified atom stereocenters. The number of carbonyl (C=O) groups is 1. The molecule has 3 heterocycles. The van der Waals surface area contributed by atoms with Crippen LogP contribution in [0.4, 0.5) is 4.39 Å². The van der Waals surface area contributed by atoms with Crippen molar-refractivity contribution in [3.05, 3.63) is 88.5 Å². The molecule has 0 bridgehead atoms. The molecule has 0 radical (unpaired) electrons. The molecule has 0 saturated carbocycles. The maximum atomic E-state index is 13.2. The maximum absolute atomic E-state index is 13.2. The topological polar surface area (TPSA) is 86.5 Å². The van der Waals surface area contributed by atoms with Crippen LogP contribution in [0.3, 0.4) is 0 Å². The van der Waals surface area contributed by atoms with Crippen LogP contribution in [0, 0.1) is 5.95 Å². The van der Waals surface area contributed by atoms with Crippen molar-refractivity contribution >= 4 is 39.9 Å². The molecule has 2 aromatic carbocycles. The number of imidazole rings is 1. The predicted molar refractivity (Wildman–Crippen MR) is 136 cm³/mol. The molecule has 0 aliphatic carbocycles. The zero-order valence-electron chi connectivity index (χ0n) is 19.1. The second-order valence-corrected chi connectivity index (χ2v) is 9.31. The highest BCUT2D eigenvalue weighted by Crippen LogP contribution is 2.39. The van der Waals surface area contributed by atoms with Crippen LogP contribution in [0.25, 0.3) is 27.2 Å². The van der Waals surface area contributed by atoms with Crippen molar-refractivity contribution in [2.24, 2.45) is 0 Å². The summed E-state index contributed by atoms with van der Waals surface area (Å²) in [6, 6.07) is 15.3. The molecule has 3 aromatic heterocycles. The number of aromatic nitrogens is 3. The van der Waals surface area contributed by atoms with Crippen molar-refractivity contribution < 1.29 is 23.8 Å². The lowest BCUT2D eigenvalue weighted by molar-refractivity contribution is 0.0600. The smallest absolute Gasteiger partial charge is 0.351 e. The third kappa shape index (κ3) is 4.38. The normalized spacial score (nSPS) is 12.0. The summed E-state index contributed by atoms with van der Waals surface area (Å²) < 4.78 is 26.1. The molecule has 5 rings (SSSR count). The molecule has 0 spiro atoms. The Labute approximate surface area is 214 Å². The van der Waals surface area contributed by atoms with E-state index in [1.54, 1.807) is 37.5 Å². The number of thiophene rings is 1. The largest absolute Gasteiger partial charge is 0.506 e. The Bertz CT molecular complexity index is 1580. The van der Waals surface area contributed by atoms with Gasteiger partial charge >= 0.3 is 5.97 Å². The fourth-order valence-electron chi connectivity index (χ4n) is 3.82. The number of benzene rings is 2. The molecule has 10 heteroatoms. The molecular formula is C26H19ClFN3O4S. The monoisotopic (exact) mass is 523 g/mol. The van der Waals surface area contributed by atoms with Gasteiger partial charge in [0.15, 0.2) is 4.88 Å². The third-order valence-corrected chi connectivity index (χ3v) is 7.16. The quantitative estimate of drug-likeness (QED) is 0.200. The van der Waals surface area contributed by atoms with Gasteiger partial charge in [-0.15, -0.1) is 11.3 Å². The highest BCUT2D eigenvalue weighted by atomic mass is 35.5. The number of nitrogens with zero attached hydrogens (tertiary/aromatic N) is 3. The number of hydrogen-bond acceptors (Lipinski definition) is 7. The second kappa shape index (κ2) is 9.60. The van der Waals surface area contributed by atoms with Gasteiger partial charge in [0, 0.05) is 23.4 Å². The maximum Gasteiger partial charge on any atom is 0.351 e. The second-order valence-electron chi connectivity index (χ2n) is 7.90. The Morgan fingerprint density at radius 1 is 1.14 bits per heavy atom. The third-order valence-electron chi connectivity index (χ3n) is 5.65. The van der Waals surface area contributed by atoms with E-state index in [-0.39, 0.29) is 15.6 Å². The first-order valence-corrected chi connectivity index (χ1v) is 12.0. The average molecular weight is 524 g/mol. The fourth-order valence-corrected chi connectivity index (χ4v) is 5.10. The van der Waals surface area contributed by atoms with Gasteiger partial charge in [-0.2, -0.15) is 4.39 Å². The number of ether oxygens (including phenoxy) is 2. The molecule has 36 heavy (non-hydrogen) atoms. The lowest BCUT2D eigenvalue weighted by Gasteiger charge is -2.16. The Balaban J connectivity index is 1.51. The minimum atomic E-state index is -0.554. The molecule has 7 nitrogen and oxygen atoms in total. The van der Waals surface area contributed by atoms with E-state index in [1.165, 1.54) is 36.8 Å². The van der Waals surface area contributed by atoms with Crippen molar-refractivity contribution in [3.8, 4) is 27.6 Å². The number of aromatic hydroxyl groups is 1. The number of carbonyl (C=O) groups excluding carboxylic acids is 1. The highest BCUT2D eigenvalue weighted by Gasteiger charge is 2.23. The van der Waals surface area contributed by atoms with E-state index in [2.05, 4.69) is 9.97 Å². The van der Waals surface area contributed by atoms with E-state index in [0.717, 1.165) is 16.6 Å². The molecule has 1 atom stereocenters. The molecule has 0 aliphatic rings. The fraction of sp³-hybridized carbons (Fsp3) is 0.115. The van der Waals surface area contributed by atoms with Crippen LogP contribution >= 0.6 is 22.9 Å². The van der Waals surface area contributed by atoms with Crippen LogP contribution in [0.15, 0.2) is 67.1 Å². The van der Waals surface area contributed by atoms with Crippen LogP contribution in [0.2, 0.25) is 5.02 Å². The van der Waals surface area contributed by atoms with E-state index in [9.17, 15) is 14.3 Å². The summed E-state index contributed by atoms with van der Waals surface area (Å²) >= 11 is 7.45. The van der Waals surface area contributed by atoms with Crippen LogP contribution in [0.1, 0.15) is 28.3 Å². The number of fused-ring (bicyclic) bond motifs is 1. The molecule has 182 valence electrons. The number of methoxy groups -OCH3 is 1. The van der Waals surface area contributed by atoms with Gasteiger partial charge in [-0.05, 0) is 42.8 Å². The molecule has 1 N–H and O–H groups in total. The summed E-state index contributed by atoms with van der Waals surface area (Å²) in [5.41, 5.74) is 3.72. The summed E-state index contributed by atoms with van der Waals surface area (Å²) in [5, 5.41) is 10.8. The standard InChI is InChI=1S/C26H19ClFN3O4S/c1-14(17-4-3-5-20(32)24(17)27)35-21-11-23(36-25(21)26(33)34-2)31-13-30-18-10-15(6-8-19(18)31)16-7-9-22(28)29-12-16/h3-14,32H,1-2H3. The van der Waals surface area contributed by atoms with E-state index >= 15 is 0 Å². The van der Waals surface area contributed by atoms with Gasteiger partial charge in [0.2, 0.25) is 5.95 Å². The van der Waals surface area contributed by atoms with Crippen molar-refractivity contribution in [3.63, 3.8) is 0 Å². The van der Waals surface area contributed by atoms with E-state index in [1.807, 2.05) is 22.8 Å². The molecule has 5 aromatic rings. The summed E-state index contributed by atoms with van der Waals surface area (Å²) in [6.45, 7) is 1.78. The Morgan fingerprint density at radius 2 is 1.94 bits per heavy atom. The zero-order chi connectivity index (χ0) is 25.4. The minimum Gasteiger partial charge on any atom is -0.506 e. The highest BCUT2D eigenvalue weighted by molar-refractivity contribution is 7.16. The Hall–Kier alpha value is -3.95. The van der Waals surface area contributed by atoms with Gasteiger partial charge in [-0.25, -0.2) is 14.8 Å². The van der Waals surface area contributed by atoms with Gasteiger partial charge in [-0.1, -0.05) is 29.8 Å². The Kier molecular flexibility index (Phi) is 6.34. The van der Waals surface area contributed by atoms with Crippen molar-refractivity contribution in [2.75, 3.05) is 7.11 Å². The number of pyridine rings is 1. The number of halogens is 2. The molecule has 0 amide bonds. The van der Waals surface area contributed by atoms with Gasteiger partial charge < -0.3 is 14.6 Å². The van der Waals surface area contributed by atoms with E-state index in [4.69, 9.17) is 21.1 Å². The number of phenolic OH excluding ortho intramolecular Hbond substituents is 1. The van der Waals surface area contributed by atoms with Crippen LogP contribution in [-0.2, 0) is 4.74 Å².